The van der Waals surface area contributed by atoms with Crippen LogP contribution < -0.4 is 10.0 Å². The maximum Gasteiger partial charge on any atom is 0.256 e. The number of anilines is 1. The van der Waals surface area contributed by atoms with Crippen LogP contribution in [0.25, 0.3) is 0 Å². The normalized spacial score (nSPS) is 11.2. The van der Waals surface area contributed by atoms with E-state index in [0.717, 1.165) is 10.6 Å². The van der Waals surface area contributed by atoms with Crippen LogP contribution in [0.1, 0.15) is 20.8 Å². The molecule has 0 saturated carbocycles. The highest BCUT2D eigenvalue weighted by atomic mass is 32.2. The van der Waals surface area contributed by atoms with Gasteiger partial charge in [0.15, 0.2) is 0 Å². The third-order valence-corrected chi connectivity index (χ3v) is 7.60. The lowest BCUT2D eigenvalue weighted by atomic mass is 10.2. The Hall–Kier alpha value is -2.39. The number of amides is 1. The second-order valence-electron chi connectivity index (χ2n) is 6.41. The van der Waals surface area contributed by atoms with Crippen molar-refractivity contribution >= 4 is 44.7 Å². The molecule has 0 atom stereocenters. The van der Waals surface area contributed by atoms with Crippen LogP contribution in [0.5, 0.6) is 0 Å². The number of rotatable bonds is 10. The van der Waals surface area contributed by atoms with E-state index in [1.807, 2.05) is 29.6 Å². The van der Waals surface area contributed by atoms with Gasteiger partial charge in [0.1, 0.15) is 0 Å². The van der Waals surface area contributed by atoms with Crippen molar-refractivity contribution < 1.29 is 13.2 Å². The van der Waals surface area contributed by atoms with Crippen molar-refractivity contribution in [2.24, 2.45) is 0 Å². The molecule has 0 saturated heterocycles. The molecule has 0 bridgehead atoms. The molecule has 156 valence electrons. The standard InChI is InChI=1S/C22H22N2O3S3/c1-2-13-23-30(26,27)16-17-9-11-18(12-10-17)24-22(25)20-7-3-4-8-21(20)29-15-19-6-5-14-28-19/h2-12,14,23H,1,13,15-16H2,(H,24,25). The van der Waals surface area contributed by atoms with E-state index in [2.05, 4.69) is 22.7 Å². The molecule has 0 aliphatic heterocycles. The van der Waals surface area contributed by atoms with Gasteiger partial charge in [0.2, 0.25) is 10.0 Å². The number of carbonyl (C=O) groups is 1. The molecule has 0 spiro atoms. The Bertz CT molecular complexity index is 1090. The summed E-state index contributed by atoms with van der Waals surface area (Å²) >= 11 is 3.32. The molecule has 1 amide bonds. The zero-order chi connectivity index (χ0) is 21.4. The molecular weight excluding hydrogens is 436 g/mol. The lowest BCUT2D eigenvalue weighted by molar-refractivity contribution is 0.102. The number of hydrogen-bond donors (Lipinski definition) is 2. The van der Waals surface area contributed by atoms with E-state index in [0.29, 0.717) is 16.8 Å². The molecule has 0 aliphatic rings. The van der Waals surface area contributed by atoms with Gasteiger partial charge in [0.25, 0.3) is 5.91 Å². The quantitative estimate of drug-likeness (QED) is 0.335. The number of thioether (sulfide) groups is 1. The highest BCUT2D eigenvalue weighted by Gasteiger charge is 2.13. The summed E-state index contributed by atoms with van der Waals surface area (Å²) in [5.41, 5.74) is 1.86. The predicted octanol–water partition coefficient (Wildman–Crippen LogP) is 4.90. The Labute approximate surface area is 185 Å². The van der Waals surface area contributed by atoms with Crippen molar-refractivity contribution in [1.29, 1.82) is 0 Å². The van der Waals surface area contributed by atoms with E-state index in [1.54, 1.807) is 53.4 Å². The van der Waals surface area contributed by atoms with Gasteiger partial charge in [-0.1, -0.05) is 36.4 Å². The monoisotopic (exact) mass is 458 g/mol. The van der Waals surface area contributed by atoms with Gasteiger partial charge >= 0.3 is 0 Å². The molecule has 8 heteroatoms. The second-order valence-corrected chi connectivity index (χ2v) is 10.3. The minimum Gasteiger partial charge on any atom is -0.322 e. The number of thiophene rings is 1. The molecule has 0 radical (unpaired) electrons. The van der Waals surface area contributed by atoms with Crippen molar-refractivity contribution in [2.75, 3.05) is 11.9 Å². The lowest BCUT2D eigenvalue weighted by Crippen LogP contribution is -2.25. The van der Waals surface area contributed by atoms with Crippen molar-refractivity contribution in [3.63, 3.8) is 0 Å². The topological polar surface area (TPSA) is 75.3 Å². The minimum atomic E-state index is -3.42. The first kappa shape index (κ1) is 22.3. The van der Waals surface area contributed by atoms with Crippen LogP contribution in [0, 0.1) is 0 Å². The summed E-state index contributed by atoms with van der Waals surface area (Å²) < 4.78 is 26.4. The summed E-state index contributed by atoms with van der Waals surface area (Å²) in [6.07, 6.45) is 1.49. The molecule has 30 heavy (non-hydrogen) atoms. The fraction of sp³-hybridized carbons (Fsp3) is 0.136. The van der Waals surface area contributed by atoms with Crippen molar-refractivity contribution in [1.82, 2.24) is 4.72 Å². The van der Waals surface area contributed by atoms with Crippen LogP contribution in [0.2, 0.25) is 0 Å². The van der Waals surface area contributed by atoms with Crippen LogP contribution in [-0.2, 0) is 21.5 Å². The Morgan fingerprint density at radius 3 is 2.53 bits per heavy atom. The first-order chi connectivity index (χ1) is 14.5. The van der Waals surface area contributed by atoms with Crippen LogP contribution in [0.15, 0.2) is 83.6 Å². The Balaban J connectivity index is 1.64. The molecule has 0 aliphatic carbocycles. The molecule has 5 nitrogen and oxygen atoms in total. The van der Waals surface area contributed by atoms with E-state index >= 15 is 0 Å². The van der Waals surface area contributed by atoms with Crippen LogP contribution in [0.3, 0.4) is 0 Å². The predicted molar refractivity (Wildman–Crippen MR) is 126 cm³/mol. The largest absolute Gasteiger partial charge is 0.322 e. The molecule has 2 N–H and O–H groups in total. The number of hydrogen-bond acceptors (Lipinski definition) is 5. The van der Waals surface area contributed by atoms with Crippen LogP contribution in [0.4, 0.5) is 5.69 Å². The summed E-state index contributed by atoms with van der Waals surface area (Å²) in [5.74, 6) is 0.486. The minimum absolute atomic E-state index is 0.128. The zero-order valence-electron chi connectivity index (χ0n) is 16.2. The summed E-state index contributed by atoms with van der Waals surface area (Å²) in [6, 6.07) is 18.4. The zero-order valence-corrected chi connectivity index (χ0v) is 18.7. The number of nitrogens with one attached hydrogen (secondary N) is 2. The summed E-state index contributed by atoms with van der Waals surface area (Å²) in [5, 5.41) is 4.93. The van der Waals surface area contributed by atoms with Crippen molar-refractivity contribution in [3.05, 3.63) is 94.7 Å². The Morgan fingerprint density at radius 2 is 1.83 bits per heavy atom. The highest BCUT2D eigenvalue weighted by molar-refractivity contribution is 7.98. The first-order valence-corrected chi connectivity index (χ1v) is 12.7. The van der Waals surface area contributed by atoms with Crippen LogP contribution in [-0.4, -0.2) is 20.9 Å². The molecule has 1 heterocycles. The fourth-order valence-electron chi connectivity index (χ4n) is 2.66. The van der Waals surface area contributed by atoms with E-state index in [4.69, 9.17) is 0 Å². The molecule has 0 unspecified atom stereocenters. The summed E-state index contributed by atoms with van der Waals surface area (Å²) in [7, 11) is -3.42. The van der Waals surface area contributed by atoms with E-state index < -0.39 is 10.0 Å². The molecular formula is C22H22N2O3S3. The third kappa shape index (κ3) is 6.56. The van der Waals surface area contributed by atoms with E-state index in [1.165, 1.54) is 11.0 Å². The summed E-state index contributed by atoms with van der Waals surface area (Å²) in [6.45, 7) is 3.69. The second kappa shape index (κ2) is 10.6. The van der Waals surface area contributed by atoms with Gasteiger partial charge in [-0.2, -0.15) is 0 Å². The molecule has 2 aromatic carbocycles. The average molecular weight is 459 g/mol. The van der Waals surface area contributed by atoms with Crippen molar-refractivity contribution in [2.45, 2.75) is 16.4 Å². The molecule has 3 aromatic rings. The van der Waals surface area contributed by atoms with Gasteiger partial charge in [0, 0.05) is 27.8 Å². The van der Waals surface area contributed by atoms with Gasteiger partial charge < -0.3 is 5.32 Å². The Morgan fingerprint density at radius 1 is 1.07 bits per heavy atom. The molecule has 3 rings (SSSR count). The number of benzene rings is 2. The van der Waals surface area contributed by atoms with Crippen molar-refractivity contribution in [3.8, 4) is 0 Å². The lowest BCUT2D eigenvalue weighted by Gasteiger charge is -2.10. The van der Waals surface area contributed by atoms with Gasteiger partial charge in [-0.25, -0.2) is 13.1 Å². The smallest absolute Gasteiger partial charge is 0.256 e. The maximum absolute atomic E-state index is 12.8. The number of sulfonamides is 1. The molecule has 1 aromatic heterocycles. The fourth-order valence-corrected chi connectivity index (χ4v) is 5.59. The summed E-state index contributed by atoms with van der Waals surface area (Å²) in [4.78, 5) is 15.0. The van der Waals surface area contributed by atoms with Gasteiger partial charge in [-0.05, 0) is 41.3 Å². The SMILES string of the molecule is C=CCNS(=O)(=O)Cc1ccc(NC(=O)c2ccccc2SCc2cccs2)cc1. The van der Waals surface area contributed by atoms with Gasteiger partial charge in [0.05, 0.1) is 11.3 Å². The Kier molecular flexibility index (Phi) is 7.87. The molecule has 0 fully saturated rings. The first-order valence-electron chi connectivity index (χ1n) is 9.19. The van der Waals surface area contributed by atoms with E-state index in [9.17, 15) is 13.2 Å². The highest BCUT2D eigenvalue weighted by Crippen LogP contribution is 2.28. The van der Waals surface area contributed by atoms with Gasteiger partial charge in [-0.15, -0.1) is 29.7 Å². The average Bonchev–Trinajstić information content (AvgIpc) is 3.26. The maximum atomic E-state index is 12.8. The van der Waals surface area contributed by atoms with Gasteiger partial charge in [-0.3, -0.25) is 4.79 Å². The number of carbonyl (C=O) groups excluding carboxylic acids is 1. The van der Waals surface area contributed by atoms with E-state index in [-0.39, 0.29) is 18.2 Å². The third-order valence-electron chi connectivity index (χ3n) is 4.10. The van der Waals surface area contributed by atoms with Crippen LogP contribution >= 0.6 is 23.1 Å².